The van der Waals surface area contributed by atoms with Crippen LogP contribution in [0.4, 0.5) is 0 Å². The highest BCUT2D eigenvalue weighted by Gasteiger charge is 2.38. The predicted molar refractivity (Wildman–Crippen MR) is 89.2 cm³/mol. The van der Waals surface area contributed by atoms with Crippen LogP contribution in [-0.2, 0) is 9.53 Å². The van der Waals surface area contributed by atoms with Crippen LogP contribution in [0.15, 0.2) is 18.2 Å². The maximum Gasteiger partial charge on any atom is 0.341 e. The molecular formula is C18H23NO6. The number of amides is 1. The summed E-state index contributed by atoms with van der Waals surface area (Å²) < 4.78 is 16.5. The topological polar surface area (TPSA) is 85.3 Å². The second-order valence-electron chi connectivity index (χ2n) is 6.18. The standard InChI is InChI=1S/C18H23NO6/c1-2-23-16-10-12(6-7-15(16)25-11-17(20)21)18(22)19-8-9-24-14-5-3-4-13(14)19/h6-7,10,13-14H,2-5,8-9,11H2,1H3,(H,20,21)/t13-,14-/m1/s1. The van der Waals surface area contributed by atoms with E-state index in [0.29, 0.717) is 36.8 Å². The van der Waals surface area contributed by atoms with Gasteiger partial charge in [-0.3, -0.25) is 4.79 Å². The Balaban J connectivity index is 1.79. The van der Waals surface area contributed by atoms with E-state index in [9.17, 15) is 9.59 Å². The Morgan fingerprint density at radius 2 is 2.12 bits per heavy atom. The molecule has 0 aromatic heterocycles. The number of carboxylic acids is 1. The molecule has 25 heavy (non-hydrogen) atoms. The van der Waals surface area contributed by atoms with Crippen molar-refractivity contribution in [1.82, 2.24) is 4.90 Å². The minimum absolute atomic E-state index is 0.0501. The molecule has 1 aromatic rings. The smallest absolute Gasteiger partial charge is 0.341 e. The number of benzene rings is 1. The van der Waals surface area contributed by atoms with E-state index in [-0.39, 0.29) is 18.1 Å². The lowest BCUT2D eigenvalue weighted by molar-refractivity contribution is -0.139. The van der Waals surface area contributed by atoms with Crippen molar-refractivity contribution in [2.75, 3.05) is 26.4 Å². The highest BCUT2D eigenvalue weighted by atomic mass is 16.5. The van der Waals surface area contributed by atoms with Crippen molar-refractivity contribution in [2.45, 2.75) is 38.3 Å². The van der Waals surface area contributed by atoms with Crippen LogP contribution in [0.3, 0.4) is 0 Å². The Morgan fingerprint density at radius 3 is 2.88 bits per heavy atom. The summed E-state index contributed by atoms with van der Waals surface area (Å²) in [7, 11) is 0. The largest absolute Gasteiger partial charge is 0.490 e. The minimum atomic E-state index is -1.07. The zero-order valence-electron chi connectivity index (χ0n) is 14.3. The van der Waals surface area contributed by atoms with Gasteiger partial charge in [-0.2, -0.15) is 0 Å². The lowest BCUT2D eigenvalue weighted by Gasteiger charge is -2.37. The third kappa shape index (κ3) is 3.87. The van der Waals surface area contributed by atoms with Gasteiger partial charge in [-0.25, -0.2) is 4.79 Å². The number of carbonyl (C=O) groups excluding carboxylic acids is 1. The molecule has 7 heteroatoms. The maximum atomic E-state index is 13.0. The number of fused-ring (bicyclic) bond motifs is 1. The van der Waals surface area contributed by atoms with E-state index in [1.807, 2.05) is 11.8 Å². The van der Waals surface area contributed by atoms with E-state index in [2.05, 4.69) is 0 Å². The van der Waals surface area contributed by atoms with E-state index < -0.39 is 12.6 Å². The third-order valence-corrected chi connectivity index (χ3v) is 4.58. The van der Waals surface area contributed by atoms with Gasteiger partial charge in [-0.05, 0) is 44.4 Å². The Kier molecular flexibility index (Phi) is 5.43. The normalized spacial score (nSPS) is 22.4. The highest BCUT2D eigenvalue weighted by Crippen LogP contribution is 2.33. The van der Waals surface area contributed by atoms with Crippen LogP contribution in [0.1, 0.15) is 36.5 Å². The van der Waals surface area contributed by atoms with Gasteiger partial charge in [0, 0.05) is 12.1 Å². The summed E-state index contributed by atoms with van der Waals surface area (Å²) >= 11 is 0. The summed E-state index contributed by atoms with van der Waals surface area (Å²) in [6.45, 7) is 2.90. The predicted octanol–water partition coefficient (Wildman–Crippen LogP) is 1.94. The molecule has 136 valence electrons. The number of nitrogens with zero attached hydrogens (tertiary/aromatic N) is 1. The number of aliphatic carboxylic acids is 1. The van der Waals surface area contributed by atoms with Gasteiger partial charge >= 0.3 is 5.97 Å². The SMILES string of the molecule is CCOc1cc(C(=O)N2CCO[C@@H]3CCC[C@H]32)ccc1OCC(=O)O. The Hall–Kier alpha value is -2.28. The first-order valence-electron chi connectivity index (χ1n) is 8.64. The molecule has 2 atom stereocenters. The first kappa shape index (κ1) is 17.5. The molecule has 0 bridgehead atoms. The Bertz CT molecular complexity index is 646. The average molecular weight is 349 g/mol. The molecule has 1 heterocycles. The number of morpholine rings is 1. The van der Waals surface area contributed by atoms with Gasteiger partial charge in [0.15, 0.2) is 18.1 Å². The molecule has 1 amide bonds. The van der Waals surface area contributed by atoms with Crippen LogP contribution >= 0.6 is 0 Å². The van der Waals surface area contributed by atoms with Crippen molar-refractivity contribution in [1.29, 1.82) is 0 Å². The van der Waals surface area contributed by atoms with Gasteiger partial charge in [0.25, 0.3) is 5.91 Å². The van der Waals surface area contributed by atoms with Crippen molar-refractivity contribution in [3.63, 3.8) is 0 Å². The zero-order chi connectivity index (χ0) is 17.8. The average Bonchev–Trinajstić information content (AvgIpc) is 3.09. The molecular weight excluding hydrogens is 326 g/mol. The van der Waals surface area contributed by atoms with E-state index in [0.717, 1.165) is 19.3 Å². The minimum Gasteiger partial charge on any atom is -0.490 e. The molecule has 2 aliphatic rings. The number of carboxylic acid groups (broad SMARTS) is 1. The summed E-state index contributed by atoms with van der Waals surface area (Å²) in [6.07, 6.45) is 3.18. The van der Waals surface area contributed by atoms with Crippen LogP contribution < -0.4 is 9.47 Å². The molecule has 3 rings (SSSR count). The first-order chi connectivity index (χ1) is 12.1. The van der Waals surface area contributed by atoms with Gasteiger partial charge in [0.2, 0.25) is 0 Å². The molecule has 2 fully saturated rings. The van der Waals surface area contributed by atoms with Gasteiger partial charge in [-0.1, -0.05) is 0 Å². The summed E-state index contributed by atoms with van der Waals surface area (Å²) in [5.41, 5.74) is 0.513. The zero-order valence-corrected chi connectivity index (χ0v) is 14.3. The molecule has 7 nitrogen and oxygen atoms in total. The summed E-state index contributed by atoms with van der Waals surface area (Å²) in [5.74, 6) is -0.415. The number of hydrogen-bond donors (Lipinski definition) is 1. The Morgan fingerprint density at radius 1 is 1.28 bits per heavy atom. The number of carbonyl (C=O) groups is 2. The van der Waals surface area contributed by atoms with Gasteiger partial charge in [0.1, 0.15) is 0 Å². The van der Waals surface area contributed by atoms with Crippen molar-refractivity contribution < 1.29 is 28.9 Å². The van der Waals surface area contributed by atoms with Crippen LogP contribution in [0.2, 0.25) is 0 Å². The second kappa shape index (κ2) is 7.74. The van der Waals surface area contributed by atoms with E-state index in [1.165, 1.54) is 0 Å². The lowest BCUT2D eigenvalue weighted by Crippen LogP contribution is -2.51. The van der Waals surface area contributed by atoms with E-state index in [4.69, 9.17) is 19.3 Å². The van der Waals surface area contributed by atoms with E-state index in [1.54, 1.807) is 18.2 Å². The van der Waals surface area contributed by atoms with Crippen LogP contribution in [-0.4, -0.2) is 60.4 Å². The molecule has 1 saturated carbocycles. The molecule has 1 aromatic carbocycles. The summed E-state index contributed by atoms with van der Waals surface area (Å²) in [5, 5.41) is 8.76. The van der Waals surface area contributed by atoms with Crippen LogP contribution in [0, 0.1) is 0 Å². The fraction of sp³-hybridized carbons (Fsp3) is 0.556. The molecule has 1 aliphatic heterocycles. The fourth-order valence-electron chi connectivity index (χ4n) is 3.51. The second-order valence-corrected chi connectivity index (χ2v) is 6.18. The van der Waals surface area contributed by atoms with Crippen molar-refractivity contribution in [3.8, 4) is 11.5 Å². The van der Waals surface area contributed by atoms with Crippen molar-refractivity contribution in [2.24, 2.45) is 0 Å². The molecule has 1 N–H and O–H groups in total. The quantitative estimate of drug-likeness (QED) is 0.845. The van der Waals surface area contributed by atoms with Crippen LogP contribution in [0.25, 0.3) is 0 Å². The summed E-state index contributed by atoms with van der Waals surface area (Å²) in [6, 6.07) is 5.01. The van der Waals surface area contributed by atoms with Gasteiger partial charge < -0.3 is 24.2 Å². The molecule has 0 unspecified atom stereocenters. The Labute approximate surface area is 146 Å². The summed E-state index contributed by atoms with van der Waals surface area (Å²) in [4.78, 5) is 25.5. The molecule has 0 radical (unpaired) electrons. The fourth-order valence-corrected chi connectivity index (χ4v) is 3.51. The molecule has 1 saturated heterocycles. The third-order valence-electron chi connectivity index (χ3n) is 4.58. The first-order valence-corrected chi connectivity index (χ1v) is 8.64. The number of ether oxygens (including phenoxy) is 3. The van der Waals surface area contributed by atoms with E-state index >= 15 is 0 Å². The maximum absolute atomic E-state index is 13.0. The van der Waals surface area contributed by atoms with Crippen molar-refractivity contribution in [3.05, 3.63) is 23.8 Å². The van der Waals surface area contributed by atoms with Crippen molar-refractivity contribution >= 4 is 11.9 Å². The lowest BCUT2D eigenvalue weighted by atomic mass is 10.1. The van der Waals surface area contributed by atoms with Gasteiger partial charge in [-0.15, -0.1) is 0 Å². The number of hydrogen-bond acceptors (Lipinski definition) is 5. The van der Waals surface area contributed by atoms with Gasteiger partial charge in [0.05, 0.1) is 25.4 Å². The number of rotatable bonds is 6. The molecule has 1 aliphatic carbocycles. The molecule has 0 spiro atoms. The van der Waals surface area contributed by atoms with Crippen LogP contribution in [0.5, 0.6) is 11.5 Å². The highest BCUT2D eigenvalue weighted by molar-refractivity contribution is 5.95. The monoisotopic (exact) mass is 349 g/mol.